The first kappa shape index (κ1) is 29.2. The second kappa shape index (κ2) is 11.5. The Morgan fingerprint density at radius 1 is 0.538 bits per heavy atom. The molecule has 11 rings (SSSR count). The number of aromatic nitrogens is 5. The van der Waals surface area contributed by atoms with Gasteiger partial charge in [-0.3, -0.25) is 9.13 Å². The Balaban J connectivity index is 1.16. The Hall–Kier alpha value is -6.59. The van der Waals surface area contributed by atoms with E-state index < -0.39 is 0 Å². The van der Waals surface area contributed by atoms with Crippen molar-refractivity contribution in [3.63, 3.8) is 0 Å². The van der Waals surface area contributed by atoms with Gasteiger partial charge in [-0.1, -0.05) is 97.1 Å². The molecule has 0 saturated heterocycles. The molecule has 5 heteroatoms. The number of fused-ring (bicyclic) bond motifs is 9. The number of hydrogen-bond donors (Lipinski definition) is 0. The van der Waals surface area contributed by atoms with E-state index in [4.69, 9.17) is 15.0 Å². The molecule has 246 valence electrons. The average Bonchev–Trinajstić information content (AvgIpc) is 3.73. The third-order valence-electron chi connectivity index (χ3n) is 10.9. The Bertz CT molecular complexity index is 2950. The summed E-state index contributed by atoms with van der Waals surface area (Å²) in [5, 5.41) is 6.16. The lowest BCUT2D eigenvalue weighted by Crippen LogP contribution is -2.09. The van der Waals surface area contributed by atoms with Crippen LogP contribution in [0.5, 0.6) is 0 Å². The SMILES string of the molecule is C1=Cc2c(nc(-n3c4ccc(-c5ccc6c(c5)c5c(n6-c6ccccn6)C=CCC5)cc4c4c5ccccc5ccc43)nc2-c2ccccc2)CC1. The summed E-state index contributed by atoms with van der Waals surface area (Å²) in [5.41, 5.74) is 12.7. The highest BCUT2D eigenvalue weighted by Gasteiger charge is 2.23. The molecule has 5 nitrogen and oxygen atoms in total. The van der Waals surface area contributed by atoms with Gasteiger partial charge < -0.3 is 0 Å². The Labute approximate surface area is 300 Å². The molecular weight excluding hydrogens is 635 g/mol. The van der Waals surface area contributed by atoms with Crippen molar-refractivity contribution in [1.82, 2.24) is 24.1 Å². The van der Waals surface area contributed by atoms with Gasteiger partial charge in [-0.2, -0.15) is 0 Å². The van der Waals surface area contributed by atoms with Gasteiger partial charge in [-0.15, -0.1) is 0 Å². The van der Waals surface area contributed by atoms with E-state index in [1.165, 1.54) is 54.8 Å². The highest BCUT2D eigenvalue weighted by atomic mass is 15.2. The highest BCUT2D eigenvalue weighted by Crippen LogP contribution is 2.41. The van der Waals surface area contributed by atoms with Crippen LogP contribution in [0.2, 0.25) is 0 Å². The molecule has 0 radical (unpaired) electrons. The van der Waals surface area contributed by atoms with Gasteiger partial charge in [0, 0.05) is 33.5 Å². The summed E-state index contributed by atoms with van der Waals surface area (Å²) in [4.78, 5) is 15.4. The summed E-state index contributed by atoms with van der Waals surface area (Å²) in [6, 6.07) is 43.7. The zero-order valence-electron chi connectivity index (χ0n) is 28.5. The van der Waals surface area contributed by atoms with Gasteiger partial charge in [-0.25, -0.2) is 15.0 Å². The predicted octanol–water partition coefficient (Wildman–Crippen LogP) is 11.3. The monoisotopic (exact) mass is 667 g/mol. The van der Waals surface area contributed by atoms with Gasteiger partial charge in [0.05, 0.1) is 33.6 Å². The van der Waals surface area contributed by atoms with Gasteiger partial charge in [0.15, 0.2) is 0 Å². The van der Waals surface area contributed by atoms with Crippen molar-refractivity contribution in [3.05, 3.63) is 162 Å². The minimum absolute atomic E-state index is 0.716. The molecule has 5 aromatic carbocycles. The third kappa shape index (κ3) is 4.39. The summed E-state index contributed by atoms with van der Waals surface area (Å²) in [6.07, 6.45) is 14.8. The van der Waals surface area contributed by atoms with E-state index in [0.29, 0.717) is 5.95 Å². The van der Waals surface area contributed by atoms with E-state index in [-0.39, 0.29) is 0 Å². The summed E-state index contributed by atoms with van der Waals surface area (Å²) in [7, 11) is 0. The van der Waals surface area contributed by atoms with Crippen LogP contribution in [-0.4, -0.2) is 24.1 Å². The number of nitrogens with zero attached hydrogens (tertiary/aromatic N) is 5. The maximum absolute atomic E-state index is 5.35. The van der Waals surface area contributed by atoms with Crippen molar-refractivity contribution < 1.29 is 0 Å². The molecule has 4 heterocycles. The third-order valence-corrected chi connectivity index (χ3v) is 10.9. The molecule has 4 aromatic heterocycles. The van der Waals surface area contributed by atoms with Crippen molar-refractivity contribution in [2.75, 3.05) is 0 Å². The number of hydrogen-bond acceptors (Lipinski definition) is 3. The number of aryl methyl sites for hydroxylation is 2. The molecule has 0 aliphatic heterocycles. The molecule has 0 atom stereocenters. The number of benzene rings is 5. The average molecular weight is 668 g/mol. The fraction of sp³-hybridized carbons (Fsp3) is 0.0851. The highest BCUT2D eigenvalue weighted by molar-refractivity contribution is 6.21. The van der Waals surface area contributed by atoms with Crippen LogP contribution in [0.4, 0.5) is 0 Å². The van der Waals surface area contributed by atoms with Crippen molar-refractivity contribution in [2.24, 2.45) is 0 Å². The Morgan fingerprint density at radius 2 is 1.29 bits per heavy atom. The zero-order chi connectivity index (χ0) is 34.2. The van der Waals surface area contributed by atoms with Crippen LogP contribution in [0, 0.1) is 0 Å². The van der Waals surface area contributed by atoms with Gasteiger partial charge in [0.25, 0.3) is 0 Å². The minimum Gasteiger partial charge on any atom is -0.294 e. The lowest BCUT2D eigenvalue weighted by Gasteiger charge is -2.17. The summed E-state index contributed by atoms with van der Waals surface area (Å²) in [5.74, 6) is 1.66. The molecule has 0 unspecified atom stereocenters. The van der Waals surface area contributed by atoms with Crippen LogP contribution in [-0.2, 0) is 12.8 Å². The summed E-state index contributed by atoms with van der Waals surface area (Å²) in [6.45, 7) is 0. The largest absolute Gasteiger partial charge is 0.294 e. The Morgan fingerprint density at radius 3 is 2.15 bits per heavy atom. The first-order valence-electron chi connectivity index (χ1n) is 18.1. The van der Waals surface area contributed by atoms with Crippen LogP contribution < -0.4 is 0 Å². The van der Waals surface area contributed by atoms with E-state index in [0.717, 1.165) is 65.0 Å². The van der Waals surface area contributed by atoms with Gasteiger partial charge in [0.2, 0.25) is 5.95 Å². The van der Waals surface area contributed by atoms with E-state index in [1.54, 1.807) is 0 Å². The fourth-order valence-electron chi connectivity index (χ4n) is 8.54. The number of pyridine rings is 1. The van der Waals surface area contributed by atoms with E-state index >= 15 is 0 Å². The molecule has 0 amide bonds. The van der Waals surface area contributed by atoms with Gasteiger partial charge in [-0.05, 0) is 102 Å². The molecule has 52 heavy (non-hydrogen) atoms. The van der Waals surface area contributed by atoms with Crippen LogP contribution in [0.15, 0.2) is 140 Å². The maximum atomic E-state index is 5.35. The normalized spacial score (nSPS) is 13.7. The molecule has 2 aliphatic rings. The van der Waals surface area contributed by atoms with Crippen molar-refractivity contribution >= 4 is 55.6 Å². The fourth-order valence-corrected chi connectivity index (χ4v) is 8.54. The van der Waals surface area contributed by atoms with E-state index in [9.17, 15) is 0 Å². The minimum atomic E-state index is 0.716. The van der Waals surface area contributed by atoms with E-state index in [2.05, 4.69) is 149 Å². The second-order valence-electron chi connectivity index (χ2n) is 13.8. The Kier molecular flexibility index (Phi) is 6.44. The van der Waals surface area contributed by atoms with Crippen molar-refractivity contribution in [1.29, 1.82) is 0 Å². The molecule has 0 bridgehead atoms. The smallest absolute Gasteiger partial charge is 0.235 e. The summed E-state index contributed by atoms with van der Waals surface area (Å²) < 4.78 is 4.59. The molecule has 0 saturated carbocycles. The topological polar surface area (TPSA) is 48.5 Å². The first-order chi connectivity index (χ1) is 25.8. The van der Waals surface area contributed by atoms with Gasteiger partial charge >= 0.3 is 0 Å². The molecule has 0 fully saturated rings. The van der Waals surface area contributed by atoms with Crippen LogP contribution in [0.1, 0.15) is 35.4 Å². The molecular formula is C47H33N5. The number of allylic oxidation sites excluding steroid dienone is 2. The first-order valence-corrected chi connectivity index (χ1v) is 18.1. The maximum Gasteiger partial charge on any atom is 0.235 e. The number of rotatable bonds is 4. The quantitative estimate of drug-likeness (QED) is 0.188. The lowest BCUT2D eigenvalue weighted by molar-refractivity contribution is 0.877. The van der Waals surface area contributed by atoms with Crippen LogP contribution in [0.25, 0.3) is 89.8 Å². The zero-order valence-corrected chi connectivity index (χ0v) is 28.5. The molecule has 9 aromatic rings. The molecule has 0 spiro atoms. The lowest BCUT2D eigenvalue weighted by atomic mass is 9.96. The summed E-state index contributed by atoms with van der Waals surface area (Å²) >= 11 is 0. The van der Waals surface area contributed by atoms with E-state index in [1.807, 2.05) is 12.3 Å². The standard InChI is InChI=1S/C47H33N5/c1-2-13-31(14-3-1)46-36-17-6-8-18-39(36)49-47(50-46)52-42-25-23-33(29-38(42)45-34-15-5-4-12-30(34)21-26-43(45)52)32-22-24-41-37(28-32)35-16-7-9-19-40(35)51(41)44-20-10-11-27-48-44/h1-6,9-15,17,19-29H,7-8,16,18H2. The molecule has 0 N–H and O–H groups in total. The van der Waals surface area contributed by atoms with Crippen molar-refractivity contribution in [2.45, 2.75) is 25.7 Å². The second-order valence-corrected chi connectivity index (χ2v) is 13.8. The van der Waals surface area contributed by atoms with Crippen LogP contribution >= 0.6 is 0 Å². The van der Waals surface area contributed by atoms with Crippen molar-refractivity contribution in [3.8, 4) is 34.2 Å². The predicted molar refractivity (Wildman–Crippen MR) is 214 cm³/mol. The molecule has 2 aliphatic carbocycles. The van der Waals surface area contributed by atoms with Crippen LogP contribution in [0.3, 0.4) is 0 Å². The van der Waals surface area contributed by atoms with Gasteiger partial charge in [0.1, 0.15) is 5.82 Å².